The van der Waals surface area contributed by atoms with Gasteiger partial charge in [0.25, 0.3) is 0 Å². The van der Waals surface area contributed by atoms with Crippen molar-refractivity contribution in [3.8, 4) is 11.3 Å². The Labute approximate surface area is 178 Å². The van der Waals surface area contributed by atoms with Crippen LogP contribution in [0.5, 0.6) is 0 Å². The zero-order chi connectivity index (χ0) is 20.0. The molecule has 4 aromatic rings. The van der Waals surface area contributed by atoms with Gasteiger partial charge in [0, 0.05) is 31.9 Å². The summed E-state index contributed by atoms with van der Waals surface area (Å²) in [6, 6.07) is 18.0. The highest BCUT2D eigenvalue weighted by Gasteiger charge is 2.24. The summed E-state index contributed by atoms with van der Waals surface area (Å²) in [5, 5.41) is 4.27. The fourth-order valence-electron chi connectivity index (χ4n) is 4.91. The van der Waals surface area contributed by atoms with Gasteiger partial charge in [0.2, 0.25) is 0 Å². The van der Waals surface area contributed by atoms with E-state index in [0.717, 1.165) is 11.6 Å². The Hall–Kier alpha value is -1.97. The first kappa shape index (κ1) is 19.0. The van der Waals surface area contributed by atoms with E-state index >= 15 is 0 Å². The lowest BCUT2D eigenvalue weighted by Gasteiger charge is -2.23. The molecule has 0 aliphatic heterocycles. The van der Waals surface area contributed by atoms with Crippen LogP contribution in [-0.2, 0) is 6.42 Å². The number of pyridine rings is 1. The van der Waals surface area contributed by atoms with Crippen LogP contribution in [-0.4, -0.2) is 13.1 Å². The first-order valence-electron chi connectivity index (χ1n) is 10.9. The van der Waals surface area contributed by atoms with Crippen LogP contribution in [0, 0.1) is 5.92 Å². The van der Waals surface area contributed by atoms with Crippen molar-refractivity contribution < 1.29 is 0 Å². The van der Waals surface area contributed by atoms with Gasteiger partial charge in [-0.2, -0.15) is 0 Å². The van der Waals surface area contributed by atoms with Crippen molar-refractivity contribution in [2.24, 2.45) is 5.92 Å². The fraction of sp³-hybridized carbons (Fsp3) is 0.346. The van der Waals surface area contributed by atoms with Gasteiger partial charge >= 0.3 is 0 Å². The summed E-state index contributed by atoms with van der Waals surface area (Å²) in [5.74, 6) is 0.864. The number of hydrogen-bond donors (Lipinski definition) is 0. The molecule has 0 saturated heterocycles. The lowest BCUT2D eigenvalue weighted by molar-refractivity contribution is 0.547. The largest absolute Gasteiger partial charge is 0.256 e. The quantitative estimate of drug-likeness (QED) is 0.317. The Morgan fingerprint density at radius 3 is 2.48 bits per heavy atom. The molecule has 2 aromatic heterocycles. The van der Waals surface area contributed by atoms with E-state index in [1.54, 1.807) is 10.8 Å². The molecule has 2 aromatic carbocycles. The topological polar surface area (TPSA) is 12.9 Å². The molecule has 0 unspecified atom stereocenters. The maximum absolute atomic E-state index is 4.96. The summed E-state index contributed by atoms with van der Waals surface area (Å²) in [5.41, 5.74) is 3.95. The smallest absolute Gasteiger partial charge is 0.0799 e. The molecule has 0 radical (unpaired) electrons. The molecule has 0 spiro atoms. The summed E-state index contributed by atoms with van der Waals surface area (Å²) in [7, 11) is -1.40. The number of benzene rings is 2. The van der Waals surface area contributed by atoms with Crippen LogP contribution in [0.1, 0.15) is 31.2 Å². The van der Waals surface area contributed by atoms with Gasteiger partial charge in [-0.25, -0.2) is 0 Å². The Kier molecular flexibility index (Phi) is 4.83. The summed E-state index contributed by atoms with van der Waals surface area (Å²) in [6.45, 7) is 7.35. The van der Waals surface area contributed by atoms with Gasteiger partial charge < -0.3 is 0 Å². The van der Waals surface area contributed by atoms with Crippen molar-refractivity contribution >= 4 is 44.8 Å². The van der Waals surface area contributed by atoms with Crippen molar-refractivity contribution in [2.45, 2.75) is 51.7 Å². The van der Waals surface area contributed by atoms with E-state index in [2.05, 4.69) is 74.4 Å². The second-order valence-electron chi connectivity index (χ2n) is 9.64. The van der Waals surface area contributed by atoms with Crippen molar-refractivity contribution in [1.29, 1.82) is 0 Å². The summed E-state index contributed by atoms with van der Waals surface area (Å²) >= 11 is 1.88. The molecule has 1 aliphatic rings. The maximum atomic E-state index is 4.96. The molecule has 1 aliphatic carbocycles. The molecular weight excluding hydrogens is 386 g/mol. The van der Waals surface area contributed by atoms with Crippen LogP contribution in [0.15, 0.2) is 54.7 Å². The van der Waals surface area contributed by atoms with Crippen molar-refractivity contribution in [2.75, 3.05) is 0 Å². The second kappa shape index (κ2) is 7.37. The molecule has 0 amide bonds. The first-order valence-corrected chi connectivity index (χ1v) is 15.2. The average Bonchev–Trinajstić information content (AvgIpc) is 3.34. The Morgan fingerprint density at radius 1 is 0.931 bits per heavy atom. The zero-order valence-electron chi connectivity index (χ0n) is 17.7. The molecule has 2 heterocycles. The Bertz CT molecular complexity index is 1180. The van der Waals surface area contributed by atoms with Gasteiger partial charge in [-0.15, -0.1) is 11.3 Å². The van der Waals surface area contributed by atoms with Crippen LogP contribution in [0.4, 0.5) is 0 Å². The predicted molar refractivity (Wildman–Crippen MR) is 131 cm³/mol. The van der Waals surface area contributed by atoms with E-state index < -0.39 is 8.07 Å². The molecule has 3 heteroatoms. The minimum Gasteiger partial charge on any atom is -0.256 e. The lowest BCUT2D eigenvalue weighted by Crippen LogP contribution is -2.41. The number of thiophene rings is 1. The highest BCUT2D eigenvalue weighted by molar-refractivity contribution is 7.25. The normalized spacial score (nSPS) is 15.6. The lowest BCUT2D eigenvalue weighted by atomic mass is 9.97. The number of fused-ring (bicyclic) bond motifs is 3. The van der Waals surface area contributed by atoms with Crippen LogP contribution < -0.4 is 5.19 Å². The minimum absolute atomic E-state index is 0.864. The fourth-order valence-corrected chi connectivity index (χ4v) is 7.59. The van der Waals surface area contributed by atoms with Crippen LogP contribution in [0.3, 0.4) is 0 Å². The van der Waals surface area contributed by atoms with E-state index in [1.165, 1.54) is 57.8 Å². The van der Waals surface area contributed by atoms with Crippen molar-refractivity contribution in [1.82, 2.24) is 4.98 Å². The highest BCUT2D eigenvalue weighted by atomic mass is 32.1. The molecule has 1 nitrogen and oxygen atoms in total. The van der Waals surface area contributed by atoms with Crippen LogP contribution in [0.2, 0.25) is 19.6 Å². The first-order chi connectivity index (χ1) is 14.0. The molecule has 1 saturated carbocycles. The minimum atomic E-state index is -1.40. The average molecular weight is 416 g/mol. The molecule has 1 fully saturated rings. The number of aromatic nitrogens is 1. The zero-order valence-corrected chi connectivity index (χ0v) is 19.5. The van der Waals surface area contributed by atoms with Gasteiger partial charge in [-0.05, 0) is 47.4 Å². The second-order valence-corrected chi connectivity index (χ2v) is 15.8. The Morgan fingerprint density at radius 2 is 1.69 bits per heavy atom. The van der Waals surface area contributed by atoms with Gasteiger partial charge in [0.15, 0.2) is 0 Å². The number of nitrogens with zero attached hydrogens (tertiary/aromatic N) is 1. The SMILES string of the molecule is C[Si](C)(C)c1cnc(-c2ccc3sc4ccccc4c3c2)cc1CC1CCCC1. The predicted octanol–water partition coefficient (Wildman–Crippen LogP) is 7.39. The third kappa shape index (κ3) is 3.67. The molecule has 0 bridgehead atoms. The van der Waals surface area contributed by atoms with E-state index in [0.29, 0.717) is 0 Å². The molecule has 5 rings (SSSR count). The number of hydrogen-bond acceptors (Lipinski definition) is 2. The summed E-state index contributed by atoms with van der Waals surface area (Å²) in [4.78, 5) is 4.96. The number of rotatable bonds is 4. The van der Waals surface area contributed by atoms with Crippen LogP contribution in [0.25, 0.3) is 31.4 Å². The van der Waals surface area contributed by atoms with Crippen molar-refractivity contribution in [3.63, 3.8) is 0 Å². The van der Waals surface area contributed by atoms with Gasteiger partial charge in [-0.3, -0.25) is 4.98 Å². The van der Waals surface area contributed by atoms with E-state index in [1.807, 2.05) is 11.3 Å². The monoisotopic (exact) mass is 415 g/mol. The molecular formula is C26H29NSSi. The Balaban J connectivity index is 1.60. The third-order valence-electron chi connectivity index (χ3n) is 6.45. The molecule has 148 valence electrons. The summed E-state index contributed by atoms with van der Waals surface area (Å²) in [6.07, 6.45) is 9.06. The third-order valence-corrected chi connectivity index (χ3v) is 9.67. The molecule has 0 atom stereocenters. The molecule has 29 heavy (non-hydrogen) atoms. The summed E-state index contributed by atoms with van der Waals surface area (Å²) < 4.78 is 2.73. The van der Waals surface area contributed by atoms with E-state index in [-0.39, 0.29) is 0 Å². The standard InChI is InChI=1S/C26H29NSSi/c1-29(2,3)26-17-27-23(16-20(26)14-18-8-4-5-9-18)19-12-13-25-22(15-19)21-10-6-7-11-24(21)28-25/h6-7,10-13,15-18H,4-5,8-9,14H2,1-3H3. The maximum Gasteiger partial charge on any atom is 0.0799 e. The van der Waals surface area contributed by atoms with Gasteiger partial charge in [-0.1, -0.05) is 69.6 Å². The van der Waals surface area contributed by atoms with Gasteiger partial charge in [0.1, 0.15) is 0 Å². The van der Waals surface area contributed by atoms with Crippen LogP contribution >= 0.6 is 11.3 Å². The molecule has 0 N–H and O–H groups in total. The van der Waals surface area contributed by atoms with Gasteiger partial charge in [0.05, 0.1) is 13.8 Å². The highest BCUT2D eigenvalue weighted by Crippen LogP contribution is 2.36. The van der Waals surface area contributed by atoms with E-state index in [4.69, 9.17) is 4.98 Å². The van der Waals surface area contributed by atoms with Crippen molar-refractivity contribution in [3.05, 3.63) is 60.3 Å². The van der Waals surface area contributed by atoms with E-state index in [9.17, 15) is 0 Å².